The summed E-state index contributed by atoms with van der Waals surface area (Å²) in [6, 6.07) is 16.3. The van der Waals surface area contributed by atoms with Crippen molar-refractivity contribution in [1.82, 2.24) is 10.5 Å². The number of hydrogen-bond donors (Lipinski definition) is 1. The number of nitrogens with one attached hydrogen (secondary N) is 1. The highest BCUT2D eigenvalue weighted by atomic mass is 16.5. The van der Waals surface area contributed by atoms with E-state index in [0.29, 0.717) is 11.7 Å². The maximum Gasteiger partial charge on any atom is 0.217 e. The Balaban J connectivity index is 1.35. The zero-order valence-electron chi connectivity index (χ0n) is 14.9. The molecule has 1 atom stereocenters. The molecule has 1 saturated carbocycles. The predicted molar refractivity (Wildman–Crippen MR) is 99.1 cm³/mol. The fourth-order valence-electron chi connectivity index (χ4n) is 3.41. The number of carbonyl (C=O) groups excluding carboxylic acids is 1. The minimum Gasteiger partial charge on any atom is -0.490 e. The predicted octanol–water partition coefficient (Wildman–Crippen LogP) is 4.35. The molecular weight excluding hydrogens is 328 g/mol. The number of benzene rings is 2. The molecule has 1 aliphatic carbocycles. The van der Waals surface area contributed by atoms with Crippen molar-refractivity contribution < 1.29 is 14.1 Å². The summed E-state index contributed by atoms with van der Waals surface area (Å²) in [5, 5.41) is 9.38. The van der Waals surface area contributed by atoms with E-state index in [1.54, 1.807) is 0 Å². The second kappa shape index (κ2) is 6.83. The smallest absolute Gasteiger partial charge is 0.217 e. The maximum atomic E-state index is 11.1. The second-order valence-electron chi connectivity index (χ2n) is 6.99. The summed E-state index contributed by atoms with van der Waals surface area (Å²) in [5.41, 5.74) is 0.940. The molecule has 0 bridgehead atoms. The molecule has 26 heavy (non-hydrogen) atoms. The van der Waals surface area contributed by atoms with Crippen molar-refractivity contribution in [3.05, 3.63) is 60.0 Å². The number of nitrogens with zero attached hydrogens (tertiary/aromatic N) is 1. The van der Waals surface area contributed by atoms with Crippen LogP contribution in [0.2, 0.25) is 0 Å². The Kier molecular flexibility index (Phi) is 4.37. The summed E-state index contributed by atoms with van der Waals surface area (Å²) < 4.78 is 11.5. The van der Waals surface area contributed by atoms with Crippen molar-refractivity contribution in [2.45, 2.75) is 44.8 Å². The van der Waals surface area contributed by atoms with Gasteiger partial charge in [-0.05, 0) is 42.7 Å². The molecule has 5 nitrogen and oxygen atoms in total. The summed E-state index contributed by atoms with van der Waals surface area (Å²) in [7, 11) is 0. The van der Waals surface area contributed by atoms with Gasteiger partial charge in [0, 0.05) is 18.9 Å². The molecule has 0 radical (unpaired) electrons. The van der Waals surface area contributed by atoms with Gasteiger partial charge in [-0.15, -0.1) is 0 Å². The first kappa shape index (κ1) is 16.6. The normalized spacial score (nSPS) is 20.4. The molecular formula is C21H22N2O3. The first-order valence-electron chi connectivity index (χ1n) is 8.97. The molecule has 1 aromatic heterocycles. The van der Waals surface area contributed by atoms with E-state index in [2.05, 4.69) is 34.7 Å². The molecule has 0 spiro atoms. The highest BCUT2D eigenvalue weighted by Gasteiger charge is 2.34. The van der Waals surface area contributed by atoms with Gasteiger partial charge in [0.05, 0.1) is 17.8 Å². The van der Waals surface area contributed by atoms with Crippen molar-refractivity contribution >= 4 is 16.7 Å². The van der Waals surface area contributed by atoms with E-state index in [1.807, 2.05) is 31.2 Å². The lowest BCUT2D eigenvalue weighted by Gasteiger charge is -2.34. The molecule has 1 fully saturated rings. The van der Waals surface area contributed by atoms with E-state index < -0.39 is 0 Å². The number of rotatable bonds is 5. The van der Waals surface area contributed by atoms with Crippen LogP contribution in [0, 0.1) is 0 Å². The molecule has 1 aliphatic rings. The third-order valence-corrected chi connectivity index (χ3v) is 4.93. The maximum absolute atomic E-state index is 11.1. The molecule has 1 heterocycles. The number of aromatic nitrogens is 1. The van der Waals surface area contributed by atoms with Crippen LogP contribution in [-0.2, 0) is 4.79 Å². The van der Waals surface area contributed by atoms with Gasteiger partial charge >= 0.3 is 0 Å². The molecule has 134 valence electrons. The zero-order chi connectivity index (χ0) is 18.1. The first-order chi connectivity index (χ1) is 12.6. The number of carbonyl (C=O) groups is 1. The Bertz CT molecular complexity index is 928. The lowest BCUT2D eigenvalue weighted by molar-refractivity contribution is -0.119. The molecule has 0 unspecified atom stereocenters. The van der Waals surface area contributed by atoms with Crippen LogP contribution in [0.25, 0.3) is 10.8 Å². The minimum absolute atomic E-state index is 0.0806. The summed E-state index contributed by atoms with van der Waals surface area (Å²) >= 11 is 0. The van der Waals surface area contributed by atoms with Crippen molar-refractivity contribution in [2.75, 3.05) is 0 Å². The Labute approximate surface area is 152 Å². The summed E-state index contributed by atoms with van der Waals surface area (Å²) in [4.78, 5) is 11.1. The molecule has 1 amide bonds. The van der Waals surface area contributed by atoms with Crippen molar-refractivity contribution in [1.29, 1.82) is 0 Å². The fraction of sp³-hybridized carbons (Fsp3) is 0.333. The van der Waals surface area contributed by atoms with Crippen LogP contribution in [0.15, 0.2) is 53.1 Å². The largest absolute Gasteiger partial charge is 0.490 e. The van der Waals surface area contributed by atoms with Crippen molar-refractivity contribution in [2.24, 2.45) is 0 Å². The van der Waals surface area contributed by atoms with Gasteiger partial charge in [0.25, 0.3) is 0 Å². The van der Waals surface area contributed by atoms with E-state index >= 15 is 0 Å². The Morgan fingerprint density at radius 2 is 1.96 bits per heavy atom. The zero-order valence-corrected chi connectivity index (χ0v) is 14.9. The molecule has 4 rings (SSSR count). The van der Waals surface area contributed by atoms with E-state index in [9.17, 15) is 4.79 Å². The second-order valence-corrected chi connectivity index (χ2v) is 6.99. The molecule has 0 aliphatic heterocycles. The van der Waals surface area contributed by atoms with Crippen molar-refractivity contribution in [3.8, 4) is 5.75 Å². The van der Waals surface area contributed by atoms with Gasteiger partial charge in [-0.2, -0.15) is 0 Å². The number of ether oxygens (including phenoxy) is 1. The SMILES string of the molecule is CC(=O)N[C@@H](C)c1cc(C2CC(Oc3ccc4ccccc4c3)C2)no1. The Morgan fingerprint density at radius 1 is 1.19 bits per heavy atom. The van der Waals surface area contributed by atoms with Gasteiger partial charge in [-0.1, -0.05) is 35.5 Å². The van der Waals surface area contributed by atoms with Gasteiger partial charge in [0.1, 0.15) is 5.75 Å². The van der Waals surface area contributed by atoms with Crippen LogP contribution in [0.3, 0.4) is 0 Å². The average Bonchev–Trinajstić information content (AvgIpc) is 3.06. The van der Waals surface area contributed by atoms with Crippen molar-refractivity contribution in [3.63, 3.8) is 0 Å². The average molecular weight is 350 g/mol. The van der Waals surface area contributed by atoms with Gasteiger partial charge in [-0.25, -0.2) is 0 Å². The quantitative estimate of drug-likeness (QED) is 0.743. The van der Waals surface area contributed by atoms with Crippen LogP contribution >= 0.6 is 0 Å². The number of hydrogen-bond acceptors (Lipinski definition) is 4. The molecule has 2 aromatic carbocycles. The van der Waals surface area contributed by atoms with Crippen LogP contribution in [0.1, 0.15) is 50.1 Å². The van der Waals surface area contributed by atoms with Gasteiger partial charge < -0.3 is 14.6 Å². The van der Waals surface area contributed by atoms with E-state index in [4.69, 9.17) is 9.26 Å². The standard InChI is InChI=1S/C21H22N2O3/c1-13(22-14(2)24)21-12-20(23-26-21)17-10-19(11-17)25-18-8-7-15-5-3-4-6-16(15)9-18/h3-9,12-13,17,19H,10-11H2,1-2H3,(H,22,24)/t13-,17?,19?/m0/s1. The summed E-state index contributed by atoms with van der Waals surface area (Å²) in [5.74, 6) is 1.87. The Hall–Kier alpha value is -2.82. The highest BCUT2D eigenvalue weighted by molar-refractivity contribution is 5.83. The third kappa shape index (κ3) is 3.43. The van der Waals surface area contributed by atoms with Gasteiger partial charge in [-0.3, -0.25) is 4.79 Å². The van der Waals surface area contributed by atoms with E-state index in [-0.39, 0.29) is 18.1 Å². The van der Waals surface area contributed by atoms with Crippen LogP contribution in [0.5, 0.6) is 5.75 Å². The monoisotopic (exact) mass is 350 g/mol. The lowest BCUT2D eigenvalue weighted by atomic mass is 9.80. The lowest BCUT2D eigenvalue weighted by Crippen LogP contribution is -2.32. The third-order valence-electron chi connectivity index (χ3n) is 4.93. The van der Waals surface area contributed by atoms with Crippen LogP contribution < -0.4 is 10.1 Å². The van der Waals surface area contributed by atoms with Crippen LogP contribution in [0.4, 0.5) is 0 Å². The topological polar surface area (TPSA) is 64.4 Å². The fourth-order valence-corrected chi connectivity index (χ4v) is 3.41. The molecule has 3 aromatic rings. The summed E-state index contributed by atoms with van der Waals surface area (Å²) in [6.07, 6.45) is 2.05. The summed E-state index contributed by atoms with van der Waals surface area (Å²) in [6.45, 7) is 3.38. The van der Waals surface area contributed by atoms with Gasteiger partial charge in [0.2, 0.25) is 5.91 Å². The first-order valence-corrected chi connectivity index (χ1v) is 8.97. The number of fused-ring (bicyclic) bond motifs is 1. The van der Waals surface area contributed by atoms with Crippen LogP contribution in [-0.4, -0.2) is 17.2 Å². The Morgan fingerprint density at radius 3 is 2.73 bits per heavy atom. The minimum atomic E-state index is -0.168. The molecule has 0 saturated heterocycles. The van der Waals surface area contributed by atoms with Gasteiger partial charge in [0.15, 0.2) is 5.76 Å². The highest BCUT2D eigenvalue weighted by Crippen LogP contribution is 2.39. The molecule has 1 N–H and O–H groups in total. The molecule has 5 heteroatoms. The van der Waals surface area contributed by atoms with E-state index in [0.717, 1.165) is 24.3 Å². The number of amides is 1. The van der Waals surface area contributed by atoms with E-state index in [1.165, 1.54) is 17.7 Å².